The maximum absolute atomic E-state index is 12.3. The predicted molar refractivity (Wildman–Crippen MR) is 110 cm³/mol. The van der Waals surface area contributed by atoms with Gasteiger partial charge in [-0.2, -0.15) is 0 Å². The van der Waals surface area contributed by atoms with E-state index in [1.165, 1.54) is 23.2 Å². The molecule has 4 rings (SSSR count). The fraction of sp³-hybridized carbons (Fsp3) is 0.227. The molecule has 3 heterocycles. The minimum atomic E-state index is -0.194. The molecule has 28 heavy (non-hydrogen) atoms. The second kappa shape index (κ2) is 7.56. The van der Waals surface area contributed by atoms with E-state index in [0.717, 1.165) is 34.9 Å². The molecule has 0 radical (unpaired) electrons. The van der Waals surface area contributed by atoms with Crippen LogP contribution in [0.5, 0.6) is 0 Å². The Kier molecular flexibility index (Phi) is 4.96. The summed E-state index contributed by atoms with van der Waals surface area (Å²) in [5, 5.41) is 2.83. The van der Waals surface area contributed by atoms with Crippen LogP contribution in [0.4, 0.5) is 5.69 Å². The highest BCUT2D eigenvalue weighted by atomic mass is 32.1. The Hall–Kier alpha value is -2.99. The van der Waals surface area contributed by atoms with Gasteiger partial charge in [0.15, 0.2) is 5.76 Å². The normalized spacial score (nSPS) is 12.8. The number of benzene rings is 1. The number of carbonyl (C=O) groups is 2. The van der Waals surface area contributed by atoms with E-state index in [2.05, 4.69) is 17.6 Å². The number of nitrogens with zero attached hydrogens (tertiary/aromatic N) is 2. The van der Waals surface area contributed by atoms with Gasteiger partial charge in [0.25, 0.3) is 0 Å². The number of fused-ring (bicyclic) bond motifs is 1. The molecule has 0 fully saturated rings. The minimum Gasteiger partial charge on any atom is -0.461 e. The lowest BCUT2D eigenvalue weighted by Crippen LogP contribution is -2.27. The zero-order valence-corrected chi connectivity index (χ0v) is 16.4. The fourth-order valence-corrected chi connectivity index (χ4v) is 4.23. The molecule has 0 atom stereocenters. The molecule has 1 amide bonds. The predicted octanol–water partition coefficient (Wildman–Crippen LogP) is 4.68. The second-order valence-corrected chi connectivity index (χ2v) is 7.65. The Morgan fingerprint density at radius 1 is 1.32 bits per heavy atom. The van der Waals surface area contributed by atoms with E-state index in [4.69, 9.17) is 4.42 Å². The number of ketones is 1. The van der Waals surface area contributed by atoms with Crippen LogP contribution in [-0.4, -0.2) is 23.2 Å². The second-order valence-electron chi connectivity index (χ2n) is 6.71. The molecule has 0 bridgehead atoms. The van der Waals surface area contributed by atoms with Gasteiger partial charge in [-0.15, -0.1) is 11.3 Å². The third-order valence-electron chi connectivity index (χ3n) is 4.86. The van der Waals surface area contributed by atoms with E-state index in [1.54, 1.807) is 12.1 Å². The molecule has 5 nitrogen and oxygen atoms in total. The number of allylic oxidation sites excluding steroid dienone is 1. The van der Waals surface area contributed by atoms with Crippen LogP contribution in [0.25, 0.3) is 11.3 Å². The number of amides is 1. The largest absolute Gasteiger partial charge is 0.461 e. The number of furan rings is 1. The molecular weight excluding hydrogens is 372 g/mol. The number of carbonyl (C=O) groups excluding carboxylic acids is 2. The Labute approximate surface area is 167 Å². The van der Waals surface area contributed by atoms with Gasteiger partial charge in [0, 0.05) is 41.6 Å². The number of anilines is 1. The molecule has 3 aromatic rings. The molecule has 0 N–H and O–H groups in total. The maximum atomic E-state index is 12.3. The summed E-state index contributed by atoms with van der Waals surface area (Å²) < 4.78 is 5.15. The van der Waals surface area contributed by atoms with Crippen molar-refractivity contribution in [2.75, 3.05) is 11.4 Å². The highest BCUT2D eigenvalue weighted by Crippen LogP contribution is 2.33. The van der Waals surface area contributed by atoms with Crippen molar-refractivity contribution in [3.8, 4) is 11.3 Å². The first kappa shape index (κ1) is 18.4. The molecule has 0 saturated heterocycles. The maximum Gasteiger partial charge on any atom is 0.226 e. The minimum absolute atomic E-state index is 0.155. The Bertz CT molecular complexity index is 1050. The van der Waals surface area contributed by atoms with E-state index in [0.29, 0.717) is 24.2 Å². The first-order chi connectivity index (χ1) is 13.6. The molecule has 0 saturated carbocycles. The first-order valence-corrected chi connectivity index (χ1v) is 10.1. The van der Waals surface area contributed by atoms with Crippen molar-refractivity contribution in [3.63, 3.8) is 0 Å². The average molecular weight is 392 g/mol. The third-order valence-corrected chi connectivity index (χ3v) is 5.71. The molecule has 2 aromatic heterocycles. The summed E-state index contributed by atoms with van der Waals surface area (Å²) in [6.45, 7) is 6.51. The summed E-state index contributed by atoms with van der Waals surface area (Å²) in [5.74, 6) is 0.258. The third kappa shape index (κ3) is 3.43. The van der Waals surface area contributed by atoms with Gasteiger partial charge in [-0.3, -0.25) is 9.59 Å². The first-order valence-electron chi connectivity index (χ1n) is 9.21. The number of Topliss-reactive ketones (excluding diaryl/α,β-unsaturated/α-hetero) is 1. The lowest BCUT2D eigenvalue weighted by atomic mass is 10.1. The van der Waals surface area contributed by atoms with Gasteiger partial charge in [0.1, 0.15) is 0 Å². The molecule has 0 unspecified atom stereocenters. The lowest BCUT2D eigenvalue weighted by molar-refractivity contribution is -0.118. The van der Waals surface area contributed by atoms with Crippen LogP contribution in [-0.2, 0) is 17.6 Å². The van der Waals surface area contributed by atoms with E-state index >= 15 is 0 Å². The molecule has 0 aliphatic carbocycles. The highest BCUT2D eigenvalue weighted by Gasteiger charge is 2.24. The van der Waals surface area contributed by atoms with Crippen molar-refractivity contribution in [1.29, 1.82) is 0 Å². The van der Waals surface area contributed by atoms with Crippen LogP contribution in [0.1, 0.15) is 34.5 Å². The van der Waals surface area contributed by atoms with Gasteiger partial charge in [-0.25, -0.2) is 4.98 Å². The van der Waals surface area contributed by atoms with Crippen LogP contribution in [0.15, 0.2) is 58.5 Å². The molecule has 142 valence electrons. The summed E-state index contributed by atoms with van der Waals surface area (Å²) in [7, 11) is 0. The van der Waals surface area contributed by atoms with Gasteiger partial charge in [0.05, 0.1) is 17.0 Å². The number of thiazole rings is 1. The Morgan fingerprint density at radius 2 is 2.18 bits per heavy atom. The molecule has 1 aliphatic rings. The molecule has 6 heteroatoms. The van der Waals surface area contributed by atoms with Gasteiger partial charge in [-0.1, -0.05) is 19.6 Å². The standard InChI is InChI=1S/C22H20N2O3S/c1-3-21(25)24-9-8-16-12-15(6-7-18(16)24)17-13-28-20(23-17)11-14(2)22(26)19-5-4-10-27-19/h4-7,10,12-13H,2-3,8-9,11H2,1H3. The van der Waals surface area contributed by atoms with Crippen molar-refractivity contribution < 1.29 is 14.0 Å². The molecule has 0 spiro atoms. The molecular formula is C22H20N2O3S. The highest BCUT2D eigenvalue weighted by molar-refractivity contribution is 7.10. The van der Waals surface area contributed by atoms with Crippen LogP contribution in [0, 0.1) is 0 Å². The quantitative estimate of drug-likeness (QED) is 0.451. The van der Waals surface area contributed by atoms with E-state index < -0.39 is 0 Å². The van der Waals surface area contributed by atoms with E-state index in [9.17, 15) is 9.59 Å². The van der Waals surface area contributed by atoms with Crippen molar-refractivity contribution in [3.05, 3.63) is 70.5 Å². The topological polar surface area (TPSA) is 63.4 Å². The van der Waals surface area contributed by atoms with Crippen LogP contribution >= 0.6 is 11.3 Å². The lowest BCUT2D eigenvalue weighted by Gasteiger charge is -2.16. The summed E-state index contributed by atoms with van der Waals surface area (Å²) in [5.41, 5.74) is 4.53. The molecule has 1 aliphatic heterocycles. The monoisotopic (exact) mass is 392 g/mol. The number of hydrogen-bond donors (Lipinski definition) is 0. The number of hydrogen-bond acceptors (Lipinski definition) is 5. The number of aromatic nitrogens is 1. The van der Waals surface area contributed by atoms with Crippen molar-refractivity contribution in [1.82, 2.24) is 4.98 Å². The average Bonchev–Trinajstić information content (AvgIpc) is 3.46. The van der Waals surface area contributed by atoms with E-state index in [-0.39, 0.29) is 11.7 Å². The van der Waals surface area contributed by atoms with Crippen molar-refractivity contribution in [2.45, 2.75) is 26.2 Å². The van der Waals surface area contributed by atoms with Gasteiger partial charge >= 0.3 is 0 Å². The van der Waals surface area contributed by atoms with E-state index in [1.807, 2.05) is 29.3 Å². The Morgan fingerprint density at radius 3 is 2.93 bits per heavy atom. The van der Waals surface area contributed by atoms with Crippen molar-refractivity contribution in [2.24, 2.45) is 0 Å². The van der Waals surface area contributed by atoms with Gasteiger partial charge in [-0.05, 0) is 36.2 Å². The summed E-state index contributed by atoms with van der Waals surface area (Å²) in [6.07, 6.45) is 3.25. The van der Waals surface area contributed by atoms with Gasteiger partial charge < -0.3 is 9.32 Å². The fourth-order valence-electron chi connectivity index (χ4n) is 3.38. The molecule has 1 aromatic carbocycles. The zero-order valence-electron chi connectivity index (χ0n) is 15.6. The Balaban J connectivity index is 1.50. The smallest absolute Gasteiger partial charge is 0.226 e. The van der Waals surface area contributed by atoms with Crippen LogP contribution in [0.3, 0.4) is 0 Å². The van der Waals surface area contributed by atoms with Crippen molar-refractivity contribution >= 4 is 28.7 Å². The number of rotatable bonds is 6. The summed E-state index contributed by atoms with van der Waals surface area (Å²) in [4.78, 5) is 30.9. The SMILES string of the molecule is C=C(Cc1nc(-c2ccc3c(c2)CCN3C(=O)CC)cs1)C(=O)c1ccco1. The summed E-state index contributed by atoms with van der Waals surface area (Å²) in [6, 6.07) is 9.44. The van der Waals surface area contributed by atoms with Crippen LogP contribution < -0.4 is 4.90 Å². The zero-order chi connectivity index (χ0) is 19.7. The summed E-state index contributed by atoms with van der Waals surface area (Å²) >= 11 is 1.51. The van der Waals surface area contributed by atoms with Crippen LogP contribution in [0.2, 0.25) is 0 Å². The van der Waals surface area contributed by atoms with Gasteiger partial charge in [0.2, 0.25) is 11.7 Å².